The van der Waals surface area contributed by atoms with Gasteiger partial charge < -0.3 is 4.74 Å². The van der Waals surface area contributed by atoms with E-state index in [0.717, 1.165) is 19.4 Å². The molecule has 0 spiro atoms. The van der Waals surface area contributed by atoms with Gasteiger partial charge in [-0.2, -0.15) is 0 Å². The molecule has 1 aliphatic rings. The minimum atomic E-state index is 0.0655. The average molecular weight is 272 g/mol. The Kier molecular flexibility index (Phi) is 3.20. The molecule has 0 bridgehead atoms. The lowest BCUT2D eigenvalue weighted by Crippen LogP contribution is -2.24. The van der Waals surface area contributed by atoms with Crippen LogP contribution in [0.4, 0.5) is 0 Å². The van der Waals surface area contributed by atoms with Crippen LogP contribution in [0.1, 0.15) is 26.2 Å². The summed E-state index contributed by atoms with van der Waals surface area (Å²) < 4.78 is 5.58. The smallest absolute Gasteiger partial charge is 0.109 e. The number of hydrogen-bond acceptors (Lipinski definition) is 1. The predicted molar refractivity (Wildman–Crippen MR) is 49.9 cm³/mol. The highest BCUT2D eigenvalue weighted by Gasteiger charge is 2.38. The van der Waals surface area contributed by atoms with Crippen molar-refractivity contribution >= 4 is 31.9 Å². The molecule has 1 fully saturated rings. The highest BCUT2D eigenvalue weighted by atomic mass is 79.9. The van der Waals surface area contributed by atoms with Crippen LogP contribution in [0.25, 0.3) is 0 Å². The summed E-state index contributed by atoms with van der Waals surface area (Å²) in [5.74, 6) is 0. The van der Waals surface area contributed by atoms with E-state index in [2.05, 4.69) is 38.8 Å². The Morgan fingerprint density at radius 1 is 1.60 bits per heavy atom. The minimum absolute atomic E-state index is 0.0655. The van der Waals surface area contributed by atoms with Crippen LogP contribution >= 0.6 is 31.9 Å². The summed E-state index contributed by atoms with van der Waals surface area (Å²) in [7, 11) is 0. The highest BCUT2D eigenvalue weighted by Crippen LogP contribution is 2.42. The normalized spacial score (nSPS) is 30.9. The molecule has 10 heavy (non-hydrogen) atoms. The van der Waals surface area contributed by atoms with Crippen LogP contribution in [-0.2, 0) is 4.74 Å². The molecule has 0 N–H and O–H groups in total. The number of hydrogen-bond donors (Lipinski definition) is 0. The van der Waals surface area contributed by atoms with Crippen molar-refractivity contribution in [2.24, 2.45) is 0 Å². The summed E-state index contributed by atoms with van der Waals surface area (Å²) in [5, 5.41) is 0. The molecular formula is C7H12Br2O. The Balaban J connectivity index is 2.43. The molecule has 0 aromatic rings. The van der Waals surface area contributed by atoms with Crippen LogP contribution < -0.4 is 0 Å². The van der Waals surface area contributed by atoms with Gasteiger partial charge >= 0.3 is 0 Å². The fraction of sp³-hybridized carbons (Fsp3) is 1.00. The van der Waals surface area contributed by atoms with Crippen LogP contribution in [0.5, 0.6) is 0 Å². The summed E-state index contributed by atoms with van der Waals surface area (Å²) in [6, 6.07) is 0. The van der Waals surface area contributed by atoms with Gasteiger partial charge in [-0.15, -0.1) is 0 Å². The lowest BCUT2D eigenvalue weighted by molar-refractivity contribution is 0.104. The van der Waals surface area contributed by atoms with Gasteiger partial charge in [0.1, 0.15) is 3.23 Å². The monoisotopic (exact) mass is 270 g/mol. The second kappa shape index (κ2) is 3.55. The molecule has 1 nitrogen and oxygen atoms in total. The van der Waals surface area contributed by atoms with E-state index < -0.39 is 0 Å². The van der Waals surface area contributed by atoms with E-state index in [1.54, 1.807) is 0 Å². The molecule has 1 unspecified atom stereocenters. The third-order valence-electron chi connectivity index (χ3n) is 1.78. The lowest BCUT2D eigenvalue weighted by Gasteiger charge is -2.20. The molecule has 60 valence electrons. The van der Waals surface area contributed by atoms with Crippen molar-refractivity contribution in [3.8, 4) is 0 Å². The summed E-state index contributed by atoms with van der Waals surface area (Å²) >= 11 is 7.20. The minimum Gasteiger partial charge on any atom is -0.376 e. The van der Waals surface area contributed by atoms with Crippen molar-refractivity contribution in [2.75, 3.05) is 6.61 Å². The van der Waals surface area contributed by atoms with Gasteiger partial charge in [0.25, 0.3) is 0 Å². The van der Waals surface area contributed by atoms with E-state index in [1.165, 1.54) is 6.42 Å². The van der Waals surface area contributed by atoms with Crippen LogP contribution in [0.15, 0.2) is 0 Å². The highest BCUT2D eigenvalue weighted by molar-refractivity contribution is 9.25. The quantitative estimate of drug-likeness (QED) is 0.702. The first kappa shape index (κ1) is 9.01. The summed E-state index contributed by atoms with van der Waals surface area (Å²) in [5.41, 5.74) is 0. The largest absolute Gasteiger partial charge is 0.376 e. The van der Waals surface area contributed by atoms with Gasteiger partial charge in [0.15, 0.2) is 0 Å². The van der Waals surface area contributed by atoms with Crippen LogP contribution in [0, 0.1) is 0 Å². The SMILES string of the molecule is CCCC1OCCC1(Br)Br. The Hall–Kier alpha value is 0.920. The van der Waals surface area contributed by atoms with E-state index in [9.17, 15) is 0 Å². The zero-order valence-electron chi connectivity index (χ0n) is 6.07. The summed E-state index contributed by atoms with van der Waals surface area (Å²) in [6.07, 6.45) is 3.75. The molecule has 1 saturated heterocycles. The molecule has 3 heteroatoms. The number of ether oxygens (including phenoxy) is 1. The molecule has 0 saturated carbocycles. The molecule has 0 aromatic carbocycles. The second-order valence-electron chi connectivity index (χ2n) is 2.66. The second-order valence-corrected chi connectivity index (χ2v) is 6.55. The topological polar surface area (TPSA) is 9.23 Å². The van der Waals surface area contributed by atoms with Crippen LogP contribution in [0.3, 0.4) is 0 Å². The molecule has 1 rings (SSSR count). The lowest BCUT2D eigenvalue weighted by atomic mass is 10.1. The van der Waals surface area contributed by atoms with Gasteiger partial charge in [0.2, 0.25) is 0 Å². The molecule has 1 atom stereocenters. The van der Waals surface area contributed by atoms with Crippen molar-refractivity contribution in [3.63, 3.8) is 0 Å². The first-order chi connectivity index (χ1) is 4.67. The van der Waals surface area contributed by atoms with Gasteiger partial charge in [-0.3, -0.25) is 0 Å². The average Bonchev–Trinajstić information content (AvgIpc) is 2.13. The van der Waals surface area contributed by atoms with E-state index in [4.69, 9.17) is 4.74 Å². The van der Waals surface area contributed by atoms with E-state index in [0.29, 0.717) is 6.10 Å². The van der Waals surface area contributed by atoms with Gasteiger partial charge in [-0.05, 0) is 12.8 Å². The van der Waals surface area contributed by atoms with Gasteiger partial charge in [0.05, 0.1) is 6.10 Å². The van der Waals surface area contributed by atoms with E-state index in [-0.39, 0.29) is 3.23 Å². The van der Waals surface area contributed by atoms with Gasteiger partial charge in [-0.25, -0.2) is 0 Å². The molecule has 0 radical (unpaired) electrons. The van der Waals surface area contributed by atoms with Crippen LogP contribution in [-0.4, -0.2) is 15.9 Å². The third kappa shape index (κ3) is 1.95. The molecule has 1 heterocycles. The zero-order chi connectivity index (χ0) is 7.61. The van der Waals surface area contributed by atoms with Crippen molar-refractivity contribution in [1.82, 2.24) is 0 Å². The van der Waals surface area contributed by atoms with Crippen molar-refractivity contribution in [1.29, 1.82) is 0 Å². The number of alkyl halides is 2. The van der Waals surface area contributed by atoms with Crippen molar-refractivity contribution < 1.29 is 4.74 Å². The Labute approximate surface area is 78.8 Å². The van der Waals surface area contributed by atoms with Crippen molar-refractivity contribution in [2.45, 2.75) is 35.5 Å². The molecule has 0 amide bonds. The van der Waals surface area contributed by atoms with Gasteiger partial charge in [0, 0.05) is 6.61 Å². The maximum atomic E-state index is 5.51. The fourth-order valence-electron chi connectivity index (χ4n) is 1.18. The zero-order valence-corrected chi connectivity index (χ0v) is 9.24. The maximum Gasteiger partial charge on any atom is 0.109 e. The van der Waals surface area contributed by atoms with E-state index >= 15 is 0 Å². The standard InChI is InChI=1S/C7H12Br2O/c1-2-3-6-7(8,9)4-5-10-6/h6H,2-5H2,1H3. The molecule has 0 aliphatic carbocycles. The molecular weight excluding hydrogens is 260 g/mol. The number of halogens is 2. The van der Waals surface area contributed by atoms with Gasteiger partial charge in [-0.1, -0.05) is 45.2 Å². The first-order valence-electron chi connectivity index (χ1n) is 3.66. The Morgan fingerprint density at radius 3 is 2.70 bits per heavy atom. The number of rotatable bonds is 2. The summed E-state index contributed by atoms with van der Waals surface area (Å²) in [6.45, 7) is 3.05. The first-order valence-corrected chi connectivity index (χ1v) is 5.25. The third-order valence-corrected chi connectivity index (χ3v) is 3.59. The summed E-state index contributed by atoms with van der Waals surface area (Å²) in [4.78, 5) is 0. The fourth-order valence-corrected chi connectivity index (χ4v) is 2.22. The molecule has 0 aromatic heterocycles. The maximum absolute atomic E-state index is 5.51. The molecule has 1 aliphatic heterocycles. The van der Waals surface area contributed by atoms with E-state index in [1.807, 2.05) is 0 Å². The van der Waals surface area contributed by atoms with Crippen molar-refractivity contribution in [3.05, 3.63) is 0 Å². The Bertz CT molecular complexity index is 114. The predicted octanol–water partition coefficient (Wildman–Crippen LogP) is 3.06. The van der Waals surface area contributed by atoms with Crippen LogP contribution in [0.2, 0.25) is 0 Å². The Morgan fingerprint density at radius 2 is 2.30 bits per heavy atom.